The van der Waals surface area contributed by atoms with E-state index in [4.69, 9.17) is 11.6 Å². The topological polar surface area (TPSA) is 43.1 Å². The van der Waals surface area contributed by atoms with E-state index in [1.165, 1.54) is 18.5 Å². The molecule has 4 rings (SSSR count). The Morgan fingerprint density at radius 2 is 1.80 bits per heavy atom. The molecule has 0 bridgehead atoms. The Kier molecular flexibility index (Phi) is 2.70. The van der Waals surface area contributed by atoms with Crippen LogP contribution in [0.2, 0.25) is 5.02 Å². The minimum atomic E-state index is 0.676. The Morgan fingerprint density at radius 3 is 2.65 bits per heavy atom. The lowest BCUT2D eigenvalue weighted by Crippen LogP contribution is -2.12. The average molecular weight is 285 g/mol. The summed E-state index contributed by atoms with van der Waals surface area (Å²) in [5.74, 6) is 0.676. The number of nitrogens with zero attached hydrogens (tertiary/aromatic N) is 4. The second kappa shape index (κ2) is 4.56. The maximum Gasteiger partial charge on any atom is 0.254 e. The van der Waals surface area contributed by atoms with Gasteiger partial charge in [-0.05, 0) is 37.8 Å². The summed E-state index contributed by atoms with van der Waals surface area (Å²) in [6.07, 6.45) is 6.54. The molecule has 0 saturated heterocycles. The van der Waals surface area contributed by atoms with Gasteiger partial charge in [-0.2, -0.15) is 5.10 Å². The molecule has 0 atom stereocenters. The van der Waals surface area contributed by atoms with Crippen LogP contribution >= 0.6 is 11.6 Å². The van der Waals surface area contributed by atoms with E-state index in [1.807, 2.05) is 24.3 Å². The Hall–Kier alpha value is -1.94. The molecule has 0 radical (unpaired) electrons. The first-order valence-electron chi connectivity index (χ1n) is 6.81. The van der Waals surface area contributed by atoms with Crippen molar-refractivity contribution >= 4 is 17.4 Å². The molecule has 1 aliphatic rings. The van der Waals surface area contributed by atoms with Gasteiger partial charge in [-0.3, -0.25) is 4.40 Å². The van der Waals surface area contributed by atoms with E-state index in [0.717, 1.165) is 34.8 Å². The molecular weight excluding hydrogens is 272 g/mol. The zero-order valence-corrected chi connectivity index (χ0v) is 11.6. The van der Waals surface area contributed by atoms with E-state index in [1.54, 1.807) is 0 Å². The number of hydrogen-bond donors (Lipinski definition) is 0. The molecular formula is C15H13ClN4. The fourth-order valence-corrected chi connectivity index (χ4v) is 2.87. The molecule has 0 saturated carbocycles. The van der Waals surface area contributed by atoms with Crippen LogP contribution in [0.4, 0.5) is 0 Å². The number of fused-ring (bicyclic) bond motifs is 3. The van der Waals surface area contributed by atoms with Crippen LogP contribution in [-0.2, 0) is 12.8 Å². The summed E-state index contributed by atoms with van der Waals surface area (Å²) >= 11 is 5.92. The summed E-state index contributed by atoms with van der Waals surface area (Å²) in [6, 6.07) is 7.71. The van der Waals surface area contributed by atoms with Crippen LogP contribution in [0.3, 0.4) is 0 Å². The number of hydrogen-bond acceptors (Lipinski definition) is 3. The normalized spacial score (nSPS) is 14.4. The second-order valence-corrected chi connectivity index (χ2v) is 5.54. The first kappa shape index (κ1) is 11.9. The van der Waals surface area contributed by atoms with Crippen molar-refractivity contribution in [1.29, 1.82) is 0 Å². The Morgan fingerprint density at radius 1 is 1.00 bits per heavy atom. The molecule has 4 nitrogen and oxygen atoms in total. The highest BCUT2D eigenvalue weighted by Crippen LogP contribution is 2.24. The molecule has 3 aromatic rings. The summed E-state index contributed by atoms with van der Waals surface area (Å²) in [7, 11) is 0. The monoisotopic (exact) mass is 284 g/mol. The lowest BCUT2D eigenvalue weighted by molar-refractivity contribution is 0.627. The van der Waals surface area contributed by atoms with E-state index in [2.05, 4.69) is 25.8 Å². The summed E-state index contributed by atoms with van der Waals surface area (Å²) in [6.45, 7) is 0. The standard InChI is InChI=1S/C15H13ClN4/c16-11-7-5-10(6-8-11)13-9-20-14-4-2-1-3-12(14)18-19-15(20)17-13/h5-9H,1-4H2. The van der Waals surface area contributed by atoms with Crippen molar-refractivity contribution in [3.63, 3.8) is 0 Å². The fraction of sp³-hybridized carbons (Fsp3) is 0.267. The number of rotatable bonds is 1. The van der Waals surface area contributed by atoms with Crippen molar-refractivity contribution in [2.24, 2.45) is 0 Å². The number of imidazole rings is 1. The fourth-order valence-electron chi connectivity index (χ4n) is 2.75. The third-order valence-corrected chi connectivity index (χ3v) is 4.04. The minimum Gasteiger partial charge on any atom is -0.284 e. The molecule has 5 heteroatoms. The van der Waals surface area contributed by atoms with Gasteiger partial charge in [-0.15, -0.1) is 5.10 Å². The van der Waals surface area contributed by atoms with E-state index in [-0.39, 0.29) is 0 Å². The SMILES string of the molecule is Clc1ccc(-c2cn3c4c(nnc3n2)CCCC4)cc1. The van der Waals surface area contributed by atoms with Crippen LogP contribution < -0.4 is 0 Å². The van der Waals surface area contributed by atoms with Gasteiger partial charge in [0, 0.05) is 22.5 Å². The lowest BCUT2D eigenvalue weighted by Gasteiger charge is -2.14. The molecule has 0 aliphatic heterocycles. The van der Waals surface area contributed by atoms with Gasteiger partial charge >= 0.3 is 0 Å². The van der Waals surface area contributed by atoms with Gasteiger partial charge in [-0.25, -0.2) is 4.98 Å². The highest BCUT2D eigenvalue weighted by Gasteiger charge is 2.16. The minimum absolute atomic E-state index is 0.676. The lowest BCUT2D eigenvalue weighted by atomic mass is 10.0. The van der Waals surface area contributed by atoms with Gasteiger partial charge in [0.2, 0.25) is 0 Å². The van der Waals surface area contributed by atoms with Crippen LogP contribution in [-0.4, -0.2) is 19.6 Å². The number of halogens is 1. The molecule has 0 unspecified atom stereocenters. The summed E-state index contributed by atoms with van der Waals surface area (Å²) in [5.41, 5.74) is 4.33. The number of aromatic nitrogens is 4. The summed E-state index contributed by atoms with van der Waals surface area (Å²) < 4.78 is 2.09. The Balaban J connectivity index is 1.88. The Bertz CT molecular complexity index is 776. The van der Waals surface area contributed by atoms with Gasteiger partial charge < -0.3 is 0 Å². The van der Waals surface area contributed by atoms with Crippen molar-refractivity contribution in [1.82, 2.24) is 19.6 Å². The van der Waals surface area contributed by atoms with E-state index >= 15 is 0 Å². The van der Waals surface area contributed by atoms with Crippen molar-refractivity contribution in [2.45, 2.75) is 25.7 Å². The van der Waals surface area contributed by atoms with E-state index in [9.17, 15) is 0 Å². The highest BCUT2D eigenvalue weighted by molar-refractivity contribution is 6.30. The molecule has 20 heavy (non-hydrogen) atoms. The molecule has 0 N–H and O–H groups in total. The molecule has 1 aromatic carbocycles. The summed E-state index contributed by atoms with van der Waals surface area (Å²) in [5, 5.41) is 9.28. The predicted octanol–water partition coefficient (Wildman–Crippen LogP) is 3.32. The van der Waals surface area contributed by atoms with Gasteiger partial charge in [-0.1, -0.05) is 23.7 Å². The van der Waals surface area contributed by atoms with E-state index in [0.29, 0.717) is 5.78 Å². The largest absolute Gasteiger partial charge is 0.284 e. The summed E-state index contributed by atoms with van der Waals surface area (Å²) in [4.78, 5) is 4.57. The third-order valence-electron chi connectivity index (χ3n) is 3.79. The van der Waals surface area contributed by atoms with Crippen LogP contribution in [0.25, 0.3) is 17.0 Å². The van der Waals surface area contributed by atoms with Gasteiger partial charge in [0.05, 0.1) is 11.4 Å². The van der Waals surface area contributed by atoms with Crippen molar-refractivity contribution in [2.75, 3.05) is 0 Å². The number of benzene rings is 1. The molecule has 100 valence electrons. The first-order valence-corrected chi connectivity index (χ1v) is 7.18. The quantitative estimate of drug-likeness (QED) is 0.688. The Labute approximate surface area is 121 Å². The maximum atomic E-state index is 5.92. The van der Waals surface area contributed by atoms with E-state index < -0.39 is 0 Å². The molecule has 0 amide bonds. The van der Waals surface area contributed by atoms with Crippen LogP contribution in [0, 0.1) is 0 Å². The molecule has 2 aromatic heterocycles. The van der Waals surface area contributed by atoms with Gasteiger partial charge in [0.25, 0.3) is 5.78 Å². The predicted molar refractivity (Wildman–Crippen MR) is 77.9 cm³/mol. The van der Waals surface area contributed by atoms with Crippen LogP contribution in [0.1, 0.15) is 24.2 Å². The van der Waals surface area contributed by atoms with Crippen LogP contribution in [0.5, 0.6) is 0 Å². The third kappa shape index (κ3) is 1.88. The number of aryl methyl sites for hydroxylation is 2. The molecule has 0 spiro atoms. The van der Waals surface area contributed by atoms with Crippen molar-refractivity contribution < 1.29 is 0 Å². The van der Waals surface area contributed by atoms with Gasteiger partial charge in [0.1, 0.15) is 0 Å². The van der Waals surface area contributed by atoms with Crippen molar-refractivity contribution in [3.05, 3.63) is 46.9 Å². The zero-order chi connectivity index (χ0) is 13.5. The second-order valence-electron chi connectivity index (χ2n) is 5.10. The van der Waals surface area contributed by atoms with Gasteiger partial charge in [0.15, 0.2) is 0 Å². The smallest absolute Gasteiger partial charge is 0.254 e. The molecule has 1 aliphatic carbocycles. The zero-order valence-electron chi connectivity index (χ0n) is 10.9. The highest BCUT2D eigenvalue weighted by atomic mass is 35.5. The first-order chi connectivity index (χ1) is 9.81. The molecule has 0 fully saturated rings. The average Bonchev–Trinajstić information content (AvgIpc) is 2.92. The van der Waals surface area contributed by atoms with Crippen molar-refractivity contribution in [3.8, 4) is 11.3 Å². The van der Waals surface area contributed by atoms with Crippen LogP contribution in [0.15, 0.2) is 30.5 Å². The maximum absolute atomic E-state index is 5.92. The molecule has 2 heterocycles.